The molecular formula is C13H17BrN2. The number of fused-ring (bicyclic) bond motifs is 1. The zero-order valence-electron chi connectivity index (χ0n) is 10.1. The van der Waals surface area contributed by atoms with E-state index in [4.69, 9.17) is 0 Å². The second-order valence-electron chi connectivity index (χ2n) is 4.80. The molecule has 0 amide bonds. The van der Waals surface area contributed by atoms with Crippen molar-refractivity contribution in [2.45, 2.75) is 39.5 Å². The average molecular weight is 281 g/mol. The fourth-order valence-electron chi connectivity index (χ4n) is 1.80. The Morgan fingerprint density at radius 1 is 1.12 bits per heavy atom. The van der Waals surface area contributed by atoms with Gasteiger partial charge in [0, 0.05) is 10.4 Å². The number of aromatic amines is 1. The molecule has 2 nitrogen and oxygen atoms in total. The van der Waals surface area contributed by atoms with E-state index in [2.05, 4.69) is 65.7 Å². The van der Waals surface area contributed by atoms with Crippen LogP contribution in [0.25, 0.3) is 11.0 Å². The molecule has 16 heavy (non-hydrogen) atoms. The van der Waals surface area contributed by atoms with E-state index in [-0.39, 0.29) is 0 Å². The van der Waals surface area contributed by atoms with Gasteiger partial charge < -0.3 is 4.98 Å². The lowest BCUT2D eigenvalue weighted by Gasteiger charge is -2.07. The largest absolute Gasteiger partial charge is 0.342 e. The molecule has 1 N–H and O–H groups in total. The molecule has 0 aliphatic carbocycles. The predicted octanol–water partition coefficient (Wildman–Crippen LogP) is 4.57. The van der Waals surface area contributed by atoms with Gasteiger partial charge in [0.15, 0.2) is 0 Å². The van der Waals surface area contributed by atoms with E-state index in [9.17, 15) is 0 Å². The highest BCUT2D eigenvalue weighted by molar-refractivity contribution is 9.10. The quantitative estimate of drug-likeness (QED) is 0.858. The Labute approximate surface area is 105 Å². The summed E-state index contributed by atoms with van der Waals surface area (Å²) in [5, 5.41) is 0. The van der Waals surface area contributed by atoms with Crippen LogP contribution in [0, 0.1) is 0 Å². The third kappa shape index (κ3) is 1.88. The Morgan fingerprint density at radius 3 is 2.38 bits per heavy atom. The summed E-state index contributed by atoms with van der Waals surface area (Å²) in [6, 6.07) is 4.29. The molecule has 1 heterocycles. The highest BCUT2D eigenvalue weighted by Gasteiger charge is 2.13. The van der Waals surface area contributed by atoms with Crippen LogP contribution in [0.3, 0.4) is 0 Å². The second-order valence-corrected chi connectivity index (χ2v) is 5.59. The number of nitrogens with zero attached hydrogens (tertiary/aromatic N) is 1. The van der Waals surface area contributed by atoms with Gasteiger partial charge in [-0.1, -0.05) is 33.8 Å². The van der Waals surface area contributed by atoms with E-state index in [1.165, 1.54) is 5.56 Å². The highest BCUT2D eigenvalue weighted by Crippen LogP contribution is 2.31. The van der Waals surface area contributed by atoms with Crippen molar-refractivity contribution in [3.05, 3.63) is 28.0 Å². The standard InChI is InChI=1S/C13H17BrN2/c1-7(2)9-5-6-10-12(11(9)14)16-13(15-10)8(3)4/h5-8H,1-4H3,(H,15,16). The summed E-state index contributed by atoms with van der Waals surface area (Å²) >= 11 is 3.66. The summed E-state index contributed by atoms with van der Waals surface area (Å²) in [5.41, 5.74) is 3.48. The molecule has 0 fully saturated rings. The van der Waals surface area contributed by atoms with Gasteiger partial charge in [-0.25, -0.2) is 4.98 Å². The van der Waals surface area contributed by atoms with Crippen LogP contribution < -0.4 is 0 Å². The summed E-state index contributed by atoms with van der Waals surface area (Å²) in [7, 11) is 0. The van der Waals surface area contributed by atoms with Gasteiger partial charge in [-0.3, -0.25) is 0 Å². The van der Waals surface area contributed by atoms with Crippen LogP contribution in [-0.4, -0.2) is 9.97 Å². The van der Waals surface area contributed by atoms with Crippen LogP contribution in [0.1, 0.15) is 50.9 Å². The molecule has 0 saturated carbocycles. The van der Waals surface area contributed by atoms with Gasteiger partial charge in [0.25, 0.3) is 0 Å². The van der Waals surface area contributed by atoms with Crippen molar-refractivity contribution < 1.29 is 0 Å². The van der Waals surface area contributed by atoms with Gasteiger partial charge in [-0.15, -0.1) is 0 Å². The molecule has 3 heteroatoms. The first-order valence-electron chi connectivity index (χ1n) is 5.68. The molecule has 0 saturated heterocycles. The third-order valence-corrected chi connectivity index (χ3v) is 3.64. The molecule has 1 aromatic carbocycles. The Bertz CT molecular complexity index is 512. The van der Waals surface area contributed by atoms with Gasteiger partial charge in [-0.2, -0.15) is 0 Å². The summed E-state index contributed by atoms with van der Waals surface area (Å²) in [6.45, 7) is 8.69. The maximum atomic E-state index is 4.65. The zero-order chi connectivity index (χ0) is 11.9. The lowest BCUT2D eigenvalue weighted by Crippen LogP contribution is -1.90. The van der Waals surface area contributed by atoms with E-state index in [0.29, 0.717) is 11.8 Å². The van der Waals surface area contributed by atoms with Crippen molar-refractivity contribution in [1.82, 2.24) is 9.97 Å². The molecular weight excluding hydrogens is 264 g/mol. The number of hydrogen-bond donors (Lipinski definition) is 1. The van der Waals surface area contributed by atoms with E-state index in [1.807, 2.05) is 0 Å². The summed E-state index contributed by atoms with van der Waals surface area (Å²) in [6.07, 6.45) is 0. The van der Waals surface area contributed by atoms with Crippen molar-refractivity contribution in [2.75, 3.05) is 0 Å². The number of imidazole rings is 1. The lowest BCUT2D eigenvalue weighted by molar-refractivity contribution is 0.799. The number of aromatic nitrogens is 2. The Morgan fingerprint density at radius 2 is 1.81 bits per heavy atom. The normalized spacial score (nSPS) is 11.9. The van der Waals surface area contributed by atoms with Crippen LogP contribution in [0.5, 0.6) is 0 Å². The van der Waals surface area contributed by atoms with E-state index < -0.39 is 0 Å². The van der Waals surface area contributed by atoms with E-state index in [0.717, 1.165) is 21.3 Å². The van der Waals surface area contributed by atoms with Gasteiger partial charge in [0.2, 0.25) is 0 Å². The Hall–Kier alpha value is -0.830. The first-order chi connectivity index (χ1) is 7.50. The van der Waals surface area contributed by atoms with Crippen LogP contribution in [0.4, 0.5) is 0 Å². The molecule has 0 aliphatic rings. The monoisotopic (exact) mass is 280 g/mol. The van der Waals surface area contributed by atoms with Gasteiger partial charge in [0.05, 0.1) is 5.52 Å². The first-order valence-corrected chi connectivity index (χ1v) is 6.48. The fourth-order valence-corrected chi connectivity index (χ4v) is 2.69. The first kappa shape index (κ1) is 11.6. The maximum absolute atomic E-state index is 4.65. The van der Waals surface area contributed by atoms with Crippen molar-refractivity contribution in [3.8, 4) is 0 Å². The van der Waals surface area contributed by atoms with Crippen molar-refractivity contribution >= 4 is 27.0 Å². The average Bonchev–Trinajstić information content (AvgIpc) is 2.62. The zero-order valence-corrected chi connectivity index (χ0v) is 11.7. The van der Waals surface area contributed by atoms with Crippen molar-refractivity contribution in [2.24, 2.45) is 0 Å². The highest BCUT2D eigenvalue weighted by atomic mass is 79.9. The number of halogens is 1. The molecule has 86 valence electrons. The molecule has 2 rings (SSSR count). The van der Waals surface area contributed by atoms with Crippen LogP contribution in [-0.2, 0) is 0 Å². The number of benzene rings is 1. The molecule has 2 aromatic rings. The summed E-state index contributed by atoms with van der Waals surface area (Å²) < 4.78 is 1.13. The molecule has 0 bridgehead atoms. The molecule has 0 atom stereocenters. The van der Waals surface area contributed by atoms with Crippen LogP contribution in [0.15, 0.2) is 16.6 Å². The minimum absolute atomic E-state index is 0.432. The number of H-pyrrole nitrogens is 1. The predicted molar refractivity (Wildman–Crippen MR) is 72.0 cm³/mol. The van der Waals surface area contributed by atoms with Crippen LogP contribution >= 0.6 is 15.9 Å². The molecule has 0 unspecified atom stereocenters. The van der Waals surface area contributed by atoms with Gasteiger partial charge in [-0.05, 0) is 33.5 Å². The molecule has 0 aliphatic heterocycles. The summed E-state index contributed by atoms with van der Waals surface area (Å²) in [5.74, 6) is 2.00. The third-order valence-electron chi connectivity index (χ3n) is 2.81. The minimum atomic E-state index is 0.432. The van der Waals surface area contributed by atoms with E-state index in [1.54, 1.807) is 0 Å². The number of hydrogen-bond acceptors (Lipinski definition) is 1. The fraction of sp³-hybridized carbons (Fsp3) is 0.462. The van der Waals surface area contributed by atoms with Crippen molar-refractivity contribution in [1.29, 1.82) is 0 Å². The van der Waals surface area contributed by atoms with Crippen molar-refractivity contribution in [3.63, 3.8) is 0 Å². The van der Waals surface area contributed by atoms with Gasteiger partial charge in [0.1, 0.15) is 11.3 Å². The lowest BCUT2D eigenvalue weighted by atomic mass is 10.0. The van der Waals surface area contributed by atoms with E-state index >= 15 is 0 Å². The van der Waals surface area contributed by atoms with Crippen LogP contribution in [0.2, 0.25) is 0 Å². The maximum Gasteiger partial charge on any atom is 0.109 e. The minimum Gasteiger partial charge on any atom is -0.342 e. The Balaban J connectivity index is 2.65. The SMILES string of the molecule is CC(C)c1nc2c(Br)c(C(C)C)ccc2[nH]1. The number of rotatable bonds is 2. The number of nitrogens with one attached hydrogen (secondary N) is 1. The van der Waals surface area contributed by atoms with Gasteiger partial charge >= 0.3 is 0 Å². The molecule has 1 aromatic heterocycles. The molecule has 0 radical (unpaired) electrons. The topological polar surface area (TPSA) is 28.7 Å². The summed E-state index contributed by atoms with van der Waals surface area (Å²) in [4.78, 5) is 8.01. The molecule has 0 spiro atoms. The smallest absolute Gasteiger partial charge is 0.109 e. The Kier molecular flexibility index (Phi) is 3.06. The second kappa shape index (κ2) is 4.21.